The van der Waals surface area contributed by atoms with E-state index in [1.165, 1.54) is 0 Å². The molecule has 0 amide bonds. The first kappa shape index (κ1) is 17.9. The molecule has 4 rings (SSSR count). The number of hydrogen-bond donors (Lipinski definition) is 1. The Morgan fingerprint density at radius 3 is 2.48 bits per heavy atom. The van der Waals surface area contributed by atoms with E-state index < -0.39 is 0 Å². The van der Waals surface area contributed by atoms with Gasteiger partial charge < -0.3 is 14.8 Å². The molecule has 1 fully saturated rings. The topological polar surface area (TPSA) is 63.3 Å². The summed E-state index contributed by atoms with van der Waals surface area (Å²) in [6.45, 7) is 8.63. The first-order valence-corrected chi connectivity index (χ1v) is 9.66. The summed E-state index contributed by atoms with van der Waals surface area (Å²) in [7, 11) is 0. The van der Waals surface area contributed by atoms with Crippen molar-refractivity contribution in [3.05, 3.63) is 52.6 Å². The molecular weight excluding hydrogens is 340 g/mol. The van der Waals surface area contributed by atoms with Crippen molar-refractivity contribution in [2.75, 3.05) is 19.6 Å². The monoisotopic (exact) mass is 366 g/mol. The maximum absolute atomic E-state index is 11.2. The molecule has 6 heteroatoms. The van der Waals surface area contributed by atoms with Crippen LogP contribution in [0, 0.1) is 10.1 Å². The number of aryl methyl sites for hydroxylation is 1. The second kappa shape index (κ2) is 7.29. The van der Waals surface area contributed by atoms with E-state index in [1.807, 2.05) is 18.2 Å². The molecule has 6 nitrogen and oxygen atoms in total. The molecular formula is C21H26N4O2. The number of nitrogens with one attached hydrogen (secondary N) is 1. The minimum Gasteiger partial charge on any atom is -0.340 e. The first-order chi connectivity index (χ1) is 13.0. The zero-order valence-corrected chi connectivity index (χ0v) is 15.9. The smallest absolute Gasteiger partial charge is 0.270 e. The number of para-hydroxylation sites is 1. The maximum Gasteiger partial charge on any atom is 0.270 e. The molecule has 1 aliphatic heterocycles. The second-order valence-electron chi connectivity index (χ2n) is 7.71. The molecule has 0 aliphatic carbocycles. The van der Waals surface area contributed by atoms with Crippen LogP contribution in [0.25, 0.3) is 21.8 Å². The lowest BCUT2D eigenvalue weighted by atomic mass is 10.1. The van der Waals surface area contributed by atoms with Crippen LogP contribution in [-0.2, 0) is 6.54 Å². The van der Waals surface area contributed by atoms with Crippen LogP contribution < -0.4 is 5.32 Å². The zero-order valence-electron chi connectivity index (χ0n) is 15.9. The first-order valence-electron chi connectivity index (χ1n) is 9.66. The summed E-state index contributed by atoms with van der Waals surface area (Å²) in [6, 6.07) is 14.5. The van der Waals surface area contributed by atoms with Gasteiger partial charge in [-0.3, -0.25) is 10.1 Å². The van der Waals surface area contributed by atoms with Crippen molar-refractivity contribution < 1.29 is 4.92 Å². The average molecular weight is 366 g/mol. The lowest BCUT2D eigenvalue weighted by Crippen LogP contribution is -2.54. The van der Waals surface area contributed by atoms with E-state index in [-0.39, 0.29) is 10.6 Å². The lowest BCUT2D eigenvalue weighted by Gasteiger charge is -2.36. The summed E-state index contributed by atoms with van der Waals surface area (Å²) in [6.07, 6.45) is 1.06. The fourth-order valence-corrected chi connectivity index (χ4v) is 4.47. The van der Waals surface area contributed by atoms with Crippen molar-refractivity contribution in [2.24, 2.45) is 0 Å². The summed E-state index contributed by atoms with van der Waals surface area (Å²) >= 11 is 0. The summed E-state index contributed by atoms with van der Waals surface area (Å²) in [5, 5.41) is 16.8. The molecule has 2 heterocycles. The molecule has 0 bridgehead atoms. The van der Waals surface area contributed by atoms with Crippen molar-refractivity contribution in [1.29, 1.82) is 0 Å². The number of benzene rings is 2. The van der Waals surface area contributed by atoms with E-state index >= 15 is 0 Å². The number of nitro benzene ring substituents is 1. The van der Waals surface area contributed by atoms with Gasteiger partial charge in [0.25, 0.3) is 5.69 Å². The zero-order chi connectivity index (χ0) is 19.0. The number of non-ortho nitro benzene ring substituents is 1. The van der Waals surface area contributed by atoms with Gasteiger partial charge in [0.2, 0.25) is 0 Å². The molecule has 3 aromatic rings. The number of aromatic nitrogens is 1. The second-order valence-corrected chi connectivity index (χ2v) is 7.71. The standard InChI is InChI=1S/C21H26N4O2/c1-15-13-23(14-16(2)22-15)10-5-11-24-20-7-4-3-6-18(20)19-12-17(25(26)27)8-9-21(19)24/h3-4,6-9,12,15-16,22H,5,10-11,13-14H2,1-2H3/t15-,16+. The van der Waals surface area contributed by atoms with Gasteiger partial charge in [0, 0.05) is 65.7 Å². The van der Waals surface area contributed by atoms with Crippen molar-refractivity contribution >= 4 is 27.5 Å². The molecule has 142 valence electrons. The number of fused-ring (bicyclic) bond motifs is 3. The van der Waals surface area contributed by atoms with Gasteiger partial charge in [0.15, 0.2) is 0 Å². The Morgan fingerprint density at radius 2 is 1.74 bits per heavy atom. The highest BCUT2D eigenvalue weighted by atomic mass is 16.6. The number of nitro groups is 1. The molecule has 0 unspecified atom stereocenters. The highest BCUT2D eigenvalue weighted by Gasteiger charge is 2.20. The van der Waals surface area contributed by atoms with Gasteiger partial charge in [-0.05, 0) is 38.9 Å². The lowest BCUT2D eigenvalue weighted by molar-refractivity contribution is -0.384. The van der Waals surface area contributed by atoms with E-state index in [0.29, 0.717) is 12.1 Å². The fourth-order valence-electron chi connectivity index (χ4n) is 4.47. The van der Waals surface area contributed by atoms with Crippen LogP contribution in [0.15, 0.2) is 42.5 Å². The van der Waals surface area contributed by atoms with Crippen LogP contribution in [0.1, 0.15) is 20.3 Å². The van der Waals surface area contributed by atoms with Gasteiger partial charge in [-0.25, -0.2) is 0 Å². The third-order valence-corrected chi connectivity index (χ3v) is 5.46. The highest BCUT2D eigenvalue weighted by molar-refractivity contribution is 6.08. The summed E-state index contributed by atoms with van der Waals surface area (Å²) < 4.78 is 2.31. The van der Waals surface area contributed by atoms with Gasteiger partial charge in [-0.1, -0.05) is 18.2 Å². The van der Waals surface area contributed by atoms with Crippen LogP contribution in [-0.4, -0.2) is 46.1 Å². The quantitative estimate of drug-likeness (QED) is 0.551. The summed E-state index contributed by atoms with van der Waals surface area (Å²) in [5.74, 6) is 0. The Balaban J connectivity index is 1.60. The Kier molecular flexibility index (Phi) is 4.85. The summed E-state index contributed by atoms with van der Waals surface area (Å²) in [4.78, 5) is 13.4. The Bertz CT molecular complexity index is 971. The Labute approximate surface area is 158 Å². The third-order valence-electron chi connectivity index (χ3n) is 5.46. The SMILES string of the molecule is C[C@@H]1CN(CCCn2c3ccccc3c3cc([N+](=O)[O-])ccc32)C[C@H](C)N1. The number of hydrogen-bond acceptors (Lipinski definition) is 4. The average Bonchev–Trinajstić information content (AvgIpc) is 2.94. The largest absolute Gasteiger partial charge is 0.340 e. The van der Waals surface area contributed by atoms with E-state index in [9.17, 15) is 10.1 Å². The number of piperazine rings is 1. The molecule has 1 aromatic heterocycles. The molecule has 0 spiro atoms. The van der Waals surface area contributed by atoms with Crippen molar-refractivity contribution in [3.63, 3.8) is 0 Å². The van der Waals surface area contributed by atoms with Crippen LogP contribution in [0.4, 0.5) is 5.69 Å². The molecule has 27 heavy (non-hydrogen) atoms. The Hall–Kier alpha value is -2.44. The normalized spacial score (nSPS) is 21.1. The maximum atomic E-state index is 11.2. The molecule has 0 saturated carbocycles. The van der Waals surface area contributed by atoms with Crippen LogP contribution in [0.5, 0.6) is 0 Å². The molecule has 1 N–H and O–H groups in total. The van der Waals surface area contributed by atoms with Crippen LogP contribution in [0.2, 0.25) is 0 Å². The fraction of sp³-hybridized carbons (Fsp3) is 0.429. The van der Waals surface area contributed by atoms with Crippen molar-refractivity contribution in [3.8, 4) is 0 Å². The highest BCUT2D eigenvalue weighted by Crippen LogP contribution is 2.31. The molecule has 2 aromatic carbocycles. The van der Waals surface area contributed by atoms with Crippen LogP contribution in [0.3, 0.4) is 0 Å². The van der Waals surface area contributed by atoms with E-state index in [4.69, 9.17) is 0 Å². The van der Waals surface area contributed by atoms with Crippen molar-refractivity contribution in [2.45, 2.75) is 38.9 Å². The predicted octanol–water partition coefficient (Wildman–Crippen LogP) is 3.78. The Morgan fingerprint density at radius 1 is 1.04 bits per heavy atom. The van der Waals surface area contributed by atoms with Crippen molar-refractivity contribution in [1.82, 2.24) is 14.8 Å². The van der Waals surface area contributed by atoms with Gasteiger partial charge >= 0.3 is 0 Å². The summed E-state index contributed by atoms with van der Waals surface area (Å²) in [5.41, 5.74) is 2.37. The van der Waals surface area contributed by atoms with Gasteiger partial charge in [0.1, 0.15) is 0 Å². The number of rotatable bonds is 5. The third kappa shape index (κ3) is 3.55. The van der Waals surface area contributed by atoms with Gasteiger partial charge in [-0.2, -0.15) is 0 Å². The molecule has 2 atom stereocenters. The minimum absolute atomic E-state index is 0.147. The van der Waals surface area contributed by atoms with E-state index in [1.54, 1.807) is 12.1 Å². The van der Waals surface area contributed by atoms with Gasteiger partial charge in [0.05, 0.1) is 4.92 Å². The van der Waals surface area contributed by atoms with Gasteiger partial charge in [-0.15, -0.1) is 0 Å². The molecule has 1 saturated heterocycles. The molecule has 1 aliphatic rings. The number of nitrogens with zero attached hydrogens (tertiary/aromatic N) is 3. The van der Waals surface area contributed by atoms with Crippen LogP contribution >= 0.6 is 0 Å². The van der Waals surface area contributed by atoms with E-state index in [0.717, 1.165) is 54.4 Å². The minimum atomic E-state index is -0.321. The molecule has 0 radical (unpaired) electrons. The van der Waals surface area contributed by atoms with E-state index in [2.05, 4.69) is 40.8 Å². The predicted molar refractivity (Wildman–Crippen MR) is 109 cm³/mol.